The Morgan fingerprint density at radius 2 is 1.75 bits per heavy atom. The molecule has 2 heterocycles. The van der Waals surface area contributed by atoms with Crippen molar-refractivity contribution in [2.45, 2.75) is 37.7 Å². The lowest BCUT2D eigenvalue weighted by molar-refractivity contribution is 0.0820. The van der Waals surface area contributed by atoms with Crippen molar-refractivity contribution in [2.75, 3.05) is 12.3 Å². The molecule has 1 saturated heterocycles. The zero-order chi connectivity index (χ0) is 24.9. The first kappa shape index (κ1) is 24.7. The Bertz CT molecular complexity index is 1380. The molecule has 3 aromatic carbocycles. The molecule has 184 valence electrons. The maximum absolute atomic E-state index is 14.0. The fourth-order valence-electron chi connectivity index (χ4n) is 4.40. The molecule has 0 radical (unpaired) electrons. The third-order valence-corrected chi connectivity index (χ3v) is 8.35. The molecule has 0 spiro atoms. The van der Waals surface area contributed by atoms with Crippen LogP contribution in [0.2, 0.25) is 0 Å². The minimum absolute atomic E-state index is 0.102. The number of rotatable bonds is 7. The van der Waals surface area contributed by atoms with E-state index in [0.29, 0.717) is 24.0 Å². The summed E-state index contributed by atoms with van der Waals surface area (Å²) in [7, 11) is 0. The average Bonchev–Trinajstić information content (AvgIpc) is 3.28. The molecule has 4 nitrogen and oxygen atoms in total. The number of aliphatic imine (C=N–C) groups is 1. The van der Waals surface area contributed by atoms with Gasteiger partial charge in [-0.2, -0.15) is 11.8 Å². The van der Waals surface area contributed by atoms with Crippen LogP contribution in [0.15, 0.2) is 88.3 Å². The minimum atomic E-state index is -0.102. The van der Waals surface area contributed by atoms with Gasteiger partial charge in [-0.15, -0.1) is 0 Å². The lowest BCUT2D eigenvalue weighted by Crippen LogP contribution is -2.39. The zero-order valence-corrected chi connectivity index (χ0v) is 22.3. The largest absolute Gasteiger partial charge is 0.451 e. The molecule has 0 unspecified atom stereocenters. The third kappa shape index (κ3) is 5.40. The predicted octanol–water partition coefficient (Wildman–Crippen LogP) is 8.26. The zero-order valence-electron chi connectivity index (χ0n) is 20.6. The molecular weight excluding hydrogens is 484 g/mol. The Kier molecular flexibility index (Phi) is 7.83. The van der Waals surface area contributed by atoms with Gasteiger partial charge in [-0.3, -0.25) is 9.69 Å². The lowest BCUT2D eigenvalue weighted by Gasteiger charge is -2.27. The van der Waals surface area contributed by atoms with Crippen LogP contribution < -0.4 is 0 Å². The van der Waals surface area contributed by atoms with Gasteiger partial charge in [-0.25, -0.2) is 4.99 Å². The maximum atomic E-state index is 14.0. The first-order valence-electron chi connectivity index (χ1n) is 12.4. The molecule has 0 N–H and O–H groups in total. The monoisotopic (exact) mass is 514 g/mol. The number of para-hydroxylation sites is 2. The van der Waals surface area contributed by atoms with Gasteiger partial charge in [0.05, 0.1) is 5.69 Å². The third-order valence-electron chi connectivity index (χ3n) is 6.26. The van der Waals surface area contributed by atoms with E-state index in [2.05, 4.69) is 44.2 Å². The number of hydrogen-bond donors (Lipinski definition) is 0. The van der Waals surface area contributed by atoms with Gasteiger partial charge in [-0.1, -0.05) is 92.3 Å². The molecule has 4 aromatic rings. The van der Waals surface area contributed by atoms with E-state index in [4.69, 9.17) is 9.41 Å². The standard InChI is InChI=1S/C30H30N2O2S2/c1-21(2)23-13-6-8-15-26(23)31-30-32(17-10-18-36-30)29(33)28-25(24-14-7-9-16-27(24)34-28)20-35-19-22-11-4-3-5-12-22/h3-9,11-16,21H,10,17-20H2,1-2H3. The average molecular weight is 515 g/mol. The second-order valence-corrected chi connectivity index (χ2v) is 11.2. The van der Waals surface area contributed by atoms with Crippen molar-refractivity contribution in [2.24, 2.45) is 4.99 Å². The van der Waals surface area contributed by atoms with E-state index in [0.717, 1.165) is 45.3 Å². The van der Waals surface area contributed by atoms with Gasteiger partial charge in [0.1, 0.15) is 5.58 Å². The van der Waals surface area contributed by atoms with Crippen LogP contribution in [0.25, 0.3) is 11.0 Å². The van der Waals surface area contributed by atoms with Crippen LogP contribution >= 0.6 is 23.5 Å². The number of amidine groups is 1. The molecule has 0 bridgehead atoms. The molecule has 1 aromatic heterocycles. The van der Waals surface area contributed by atoms with Crippen molar-refractivity contribution in [1.82, 2.24) is 4.90 Å². The van der Waals surface area contributed by atoms with Crippen LogP contribution in [-0.4, -0.2) is 28.3 Å². The maximum Gasteiger partial charge on any atom is 0.295 e. The summed E-state index contributed by atoms with van der Waals surface area (Å²) in [5, 5.41) is 1.76. The van der Waals surface area contributed by atoms with Crippen molar-refractivity contribution >= 4 is 51.3 Å². The normalized spacial score (nSPS) is 15.2. The van der Waals surface area contributed by atoms with Crippen LogP contribution in [0.1, 0.15) is 53.4 Å². The fraction of sp³-hybridized carbons (Fsp3) is 0.267. The Morgan fingerprint density at radius 1 is 1.00 bits per heavy atom. The number of amides is 1. The van der Waals surface area contributed by atoms with Crippen molar-refractivity contribution in [3.8, 4) is 0 Å². The lowest BCUT2D eigenvalue weighted by atomic mass is 10.0. The second-order valence-electron chi connectivity index (χ2n) is 9.15. The van der Waals surface area contributed by atoms with Crippen molar-refractivity contribution in [1.29, 1.82) is 0 Å². The number of benzene rings is 3. The highest BCUT2D eigenvalue weighted by Crippen LogP contribution is 2.34. The number of fused-ring (bicyclic) bond motifs is 1. The van der Waals surface area contributed by atoms with E-state index in [1.54, 1.807) is 23.5 Å². The van der Waals surface area contributed by atoms with E-state index in [-0.39, 0.29) is 5.91 Å². The molecule has 36 heavy (non-hydrogen) atoms. The Balaban J connectivity index is 1.46. The summed E-state index contributed by atoms with van der Waals surface area (Å²) in [6.45, 7) is 4.98. The molecule has 0 aliphatic carbocycles. The van der Waals surface area contributed by atoms with Gasteiger partial charge in [-0.05, 0) is 35.6 Å². The van der Waals surface area contributed by atoms with Gasteiger partial charge in [0.25, 0.3) is 5.91 Å². The Labute approximate surface area is 221 Å². The van der Waals surface area contributed by atoms with Crippen LogP contribution in [0.3, 0.4) is 0 Å². The Hall–Kier alpha value is -2.96. The number of nitrogens with zero attached hydrogens (tertiary/aromatic N) is 2. The van der Waals surface area contributed by atoms with Gasteiger partial charge >= 0.3 is 0 Å². The summed E-state index contributed by atoms with van der Waals surface area (Å²) in [6.07, 6.45) is 0.930. The van der Waals surface area contributed by atoms with Crippen LogP contribution in [0.5, 0.6) is 0 Å². The Morgan fingerprint density at radius 3 is 2.58 bits per heavy atom. The molecular formula is C30H30N2O2S2. The summed E-state index contributed by atoms with van der Waals surface area (Å²) in [5.41, 5.74) is 5.11. The molecule has 0 saturated carbocycles. The van der Waals surface area contributed by atoms with E-state index in [1.165, 1.54) is 11.1 Å². The summed E-state index contributed by atoms with van der Waals surface area (Å²) < 4.78 is 6.21. The van der Waals surface area contributed by atoms with Crippen molar-refractivity contribution in [3.63, 3.8) is 0 Å². The SMILES string of the molecule is CC(C)c1ccccc1N=C1SCCCN1C(=O)c1oc2ccccc2c1CSCc1ccccc1. The first-order chi connectivity index (χ1) is 17.6. The van der Waals surface area contributed by atoms with E-state index >= 15 is 0 Å². The summed E-state index contributed by atoms with van der Waals surface area (Å²) in [5.74, 6) is 3.22. The molecule has 1 amide bonds. The molecule has 5 rings (SSSR count). The van der Waals surface area contributed by atoms with E-state index in [9.17, 15) is 4.79 Å². The number of carbonyl (C=O) groups is 1. The van der Waals surface area contributed by atoms with E-state index < -0.39 is 0 Å². The van der Waals surface area contributed by atoms with Crippen LogP contribution in [-0.2, 0) is 11.5 Å². The molecule has 1 fully saturated rings. The van der Waals surface area contributed by atoms with Crippen LogP contribution in [0.4, 0.5) is 5.69 Å². The molecule has 1 aliphatic heterocycles. The highest BCUT2D eigenvalue weighted by molar-refractivity contribution is 8.13. The van der Waals surface area contributed by atoms with E-state index in [1.807, 2.05) is 53.4 Å². The van der Waals surface area contributed by atoms with Crippen molar-refractivity contribution in [3.05, 3.63) is 101 Å². The second kappa shape index (κ2) is 11.4. The summed E-state index contributed by atoms with van der Waals surface area (Å²) >= 11 is 3.45. The van der Waals surface area contributed by atoms with Crippen LogP contribution in [0, 0.1) is 0 Å². The highest BCUT2D eigenvalue weighted by Gasteiger charge is 2.30. The number of thioether (sulfide) groups is 2. The highest BCUT2D eigenvalue weighted by atomic mass is 32.2. The molecule has 0 atom stereocenters. The molecule has 6 heteroatoms. The van der Waals surface area contributed by atoms with Gasteiger partial charge in [0.2, 0.25) is 0 Å². The number of furan rings is 1. The quantitative estimate of drug-likeness (QED) is 0.249. The predicted molar refractivity (Wildman–Crippen MR) is 153 cm³/mol. The van der Waals surface area contributed by atoms with Crippen molar-refractivity contribution < 1.29 is 9.21 Å². The fourth-order valence-corrected chi connectivity index (χ4v) is 6.37. The molecule has 1 aliphatic rings. The summed E-state index contributed by atoms with van der Waals surface area (Å²) in [4.78, 5) is 20.8. The van der Waals surface area contributed by atoms with Gasteiger partial charge in [0, 0.05) is 34.8 Å². The smallest absolute Gasteiger partial charge is 0.295 e. The number of carbonyl (C=O) groups excluding carboxylic acids is 1. The minimum Gasteiger partial charge on any atom is -0.451 e. The first-order valence-corrected chi connectivity index (χ1v) is 14.5. The van der Waals surface area contributed by atoms with Gasteiger partial charge in [0.15, 0.2) is 10.9 Å². The number of hydrogen-bond acceptors (Lipinski definition) is 5. The summed E-state index contributed by atoms with van der Waals surface area (Å²) in [6, 6.07) is 26.6. The van der Waals surface area contributed by atoms with Gasteiger partial charge < -0.3 is 4.42 Å². The topological polar surface area (TPSA) is 45.8 Å².